The van der Waals surface area contributed by atoms with Crippen LogP contribution in [-0.4, -0.2) is 60.0 Å². The Labute approximate surface area is 244 Å². The van der Waals surface area contributed by atoms with Crippen molar-refractivity contribution in [3.63, 3.8) is 0 Å². The normalized spacial score (nSPS) is 8.05. The Morgan fingerprint density at radius 3 is 0.364 bits per heavy atom. The van der Waals surface area contributed by atoms with Gasteiger partial charge < -0.3 is 16.4 Å². The van der Waals surface area contributed by atoms with Crippen LogP contribution in [0.4, 0.5) is 0 Å². The summed E-state index contributed by atoms with van der Waals surface area (Å²) in [4.78, 5) is 0. The standard InChI is InChI=1S/3AsH3O4.4La.3H2O/c3*2-1(3,4)5;;;;;;;/h3*(H3,2,3,4,5);;;;;3*1H2/q;;;4*+3;;;/p-12. The first-order chi connectivity index (χ1) is 6.00. The summed E-state index contributed by atoms with van der Waals surface area (Å²) < 4.78 is 103. The van der Waals surface area contributed by atoms with Crippen LogP contribution in [0, 0.1) is 142 Å². The molecule has 3 N–H and O–H groups in total. The fourth-order valence-corrected chi connectivity index (χ4v) is 0. The zero-order valence-electron chi connectivity index (χ0n) is 9.89. The van der Waals surface area contributed by atoms with Gasteiger partial charge in [-0.1, -0.05) is 0 Å². The van der Waals surface area contributed by atoms with E-state index in [0.717, 1.165) is 0 Å². The fraction of sp³-hybridized carbons (Fsp3) is 0. The van der Waals surface area contributed by atoms with Gasteiger partial charge in [0.15, 0.2) is 0 Å². The Balaban J connectivity index is -0.0000000106. The monoisotopic (exact) mass is 1020 g/mol. The molecule has 0 aromatic rings. The predicted octanol–water partition coefficient (Wildman–Crippen LogP) is -12.7. The largest absolute Gasteiger partial charge is 3.00 e. The summed E-state index contributed by atoms with van der Waals surface area (Å²) in [5, 5.41) is 0. The first-order valence-corrected chi connectivity index (χ1v) is 11.4. The van der Waals surface area contributed by atoms with Gasteiger partial charge in [0.1, 0.15) is 0 Å². The SMILES string of the molecule is O=[As]([O-])([O-])[O-].O=[As]([O-])([O-])[O-].O=[As]([O-])([O-])[O-].[La+3].[La+3].[La+3].[La+3].[OH-].[OH-].[OH-]. The zero-order chi connectivity index (χ0) is 13.5. The molecule has 0 aliphatic carbocycles. The molecular weight excluding hydrogens is 1020 g/mol. The molecule has 0 bridgehead atoms. The maximum Gasteiger partial charge on any atom is 3.00 e. The minimum atomic E-state index is -5.88. The molecule has 22 heteroatoms. The molecule has 0 fully saturated rings. The molecule has 0 saturated carbocycles. The predicted molar refractivity (Wildman–Crippen MR) is 25.1 cm³/mol. The van der Waals surface area contributed by atoms with Gasteiger partial charge >= 0.3 is 234 Å². The maximum atomic E-state index is 8.61. The smallest absolute Gasteiger partial charge is 0.870 e. The zero-order valence-corrected chi connectivity index (χ0v) is 30.0. The van der Waals surface area contributed by atoms with Gasteiger partial charge in [0.2, 0.25) is 0 Å². The molecule has 0 heterocycles. The van der Waals surface area contributed by atoms with Crippen LogP contribution < -0.4 is 36.9 Å². The van der Waals surface area contributed by atoms with Crippen LogP contribution in [0.5, 0.6) is 0 Å². The van der Waals surface area contributed by atoms with E-state index in [1.807, 2.05) is 0 Å². The quantitative estimate of drug-likeness (QED) is 0.203. The third-order valence-corrected chi connectivity index (χ3v) is 0. The molecule has 15 nitrogen and oxygen atoms in total. The average Bonchev–Trinajstić information content (AvgIpc) is 1.41. The van der Waals surface area contributed by atoms with Crippen LogP contribution in [0.3, 0.4) is 0 Å². The van der Waals surface area contributed by atoms with E-state index >= 15 is 0 Å². The number of rotatable bonds is 0. The fourth-order valence-electron chi connectivity index (χ4n) is 0. The van der Waals surface area contributed by atoms with E-state index in [1.165, 1.54) is 0 Å². The van der Waals surface area contributed by atoms with Gasteiger partial charge in [-0.05, 0) is 0 Å². The molecule has 0 aromatic heterocycles. The molecule has 0 unspecified atom stereocenters. The summed E-state index contributed by atoms with van der Waals surface area (Å²) in [7, 11) is 0. The van der Waals surface area contributed by atoms with E-state index in [0.29, 0.717) is 0 Å². The maximum absolute atomic E-state index is 8.61. The summed E-state index contributed by atoms with van der Waals surface area (Å²) in [5.74, 6) is 0. The minimum absolute atomic E-state index is 0. The van der Waals surface area contributed by atoms with E-state index in [4.69, 9.17) is 48.1 Å². The Kier molecular flexibility index (Phi) is 89.1. The van der Waals surface area contributed by atoms with Crippen LogP contribution in [0.25, 0.3) is 0 Å². The van der Waals surface area contributed by atoms with Crippen molar-refractivity contribution in [2.45, 2.75) is 0 Å². The van der Waals surface area contributed by atoms with Crippen LogP contribution in [0.2, 0.25) is 0 Å². The van der Waals surface area contributed by atoms with Gasteiger partial charge in [-0.3, -0.25) is 0 Å². The van der Waals surface area contributed by atoms with Crippen molar-refractivity contribution in [1.82, 2.24) is 0 Å². The molecule has 0 spiro atoms. The van der Waals surface area contributed by atoms with Crippen LogP contribution >= 0.6 is 0 Å². The molecule has 22 heavy (non-hydrogen) atoms. The van der Waals surface area contributed by atoms with Crippen molar-refractivity contribution >= 4 is 43.5 Å². The van der Waals surface area contributed by atoms with Crippen molar-refractivity contribution in [3.8, 4) is 0 Å². The van der Waals surface area contributed by atoms with Crippen molar-refractivity contribution in [3.05, 3.63) is 0 Å². The van der Waals surface area contributed by atoms with E-state index in [-0.39, 0.29) is 159 Å². The first-order valence-electron chi connectivity index (χ1n) is 2.19. The molecule has 0 aliphatic rings. The Bertz CT molecular complexity index is 213. The van der Waals surface area contributed by atoms with Crippen LogP contribution in [0.1, 0.15) is 0 Å². The molecule has 120 valence electrons. The summed E-state index contributed by atoms with van der Waals surface area (Å²) in [5.41, 5.74) is 0. The molecule has 0 aliphatic heterocycles. The molecule has 0 aromatic carbocycles. The summed E-state index contributed by atoms with van der Waals surface area (Å²) in [6.45, 7) is 0. The van der Waals surface area contributed by atoms with Crippen molar-refractivity contribution in [1.29, 1.82) is 0 Å². The Morgan fingerprint density at radius 1 is 0.364 bits per heavy atom. The Morgan fingerprint density at radius 2 is 0.364 bits per heavy atom. The topological polar surface area (TPSA) is 349 Å². The van der Waals surface area contributed by atoms with Crippen LogP contribution in [-0.2, 0) is 11.2 Å². The first kappa shape index (κ1) is 63.1. The van der Waals surface area contributed by atoms with Crippen molar-refractivity contribution < 1.29 is 207 Å². The van der Waals surface area contributed by atoms with Gasteiger partial charge in [0, 0.05) is 0 Å². The van der Waals surface area contributed by atoms with Crippen molar-refractivity contribution in [2.75, 3.05) is 0 Å². The average molecular weight is 1020 g/mol. The van der Waals surface area contributed by atoms with E-state index < -0.39 is 43.5 Å². The van der Waals surface area contributed by atoms with E-state index in [2.05, 4.69) is 0 Å². The summed E-state index contributed by atoms with van der Waals surface area (Å²) in [6, 6.07) is 0. The Hall–Kier alpha value is 5.37. The van der Waals surface area contributed by atoms with E-state index in [9.17, 15) is 0 Å². The van der Waals surface area contributed by atoms with E-state index in [1.54, 1.807) is 0 Å². The van der Waals surface area contributed by atoms with Gasteiger partial charge in [0.25, 0.3) is 0 Å². The molecule has 0 amide bonds. The summed E-state index contributed by atoms with van der Waals surface area (Å²) >= 11 is -17.6. The number of hydrogen-bond acceptors (Lipinski definition) is 15. The molecule has 0 saturated heterocycles. The third kappa shape index (κ3) is 522. The number of hydrogen-bond donors (Lipinski definition) is 0. The van der Waals surface area contributed by atoms with Gasteiger partial charge in [0.05, 0.1) is 0 Å². The van der Waals surface area contributed by atoms with Gasteiger partial charge in [-0.15, -0.1) is 0 Å². The van der Waals surface area contributed by atoms with Gasteiger partial charge in [-0.2, -0.15) is 0 Å². The second kappa shape index (κ2) is 31.1. The van der Waals surface area contributed by atoms with Crippen LogP contribution in [0.15, 0.2) is 0 Å². The molecule has 0 rings (SSSR count). The minimum Gasteiger partial charge on any atom is -0.870 e. The molecule has 0 atom stereocenters. The van der Waals surface area contributed by atoms with Crippen molar-refractivity contribution in [2.24, 2.45) is 0 Å². The second-order valence-corrected chi connectivity index (χ2v) is 6.97. The van der Waals surface area contributed by atoms with Gasteiger partial charge in [-0.25, -0.2) is 0 Å². The second-order valence-electron chi connectivity index (χ2n) is 1.34. The third-order valence-electron chi connectivity index (χ3n) is 0. The molecular formula is H3As3La4O15. The molecule has 0 radical (unpaired) electrons. The summed E-state index contributed by atoms with van der Waals surface area (Å²) in [6.07, 6.45) is 0.